The Kier molecular flexibility index (Phi) is 3.33. The maximum atomic E-state index is 5.69. The molecule has 5 heteroatoms. The molecule has 1 heterocycles. The third kappa shape index (κ3) is 2.34. The van der Waals surface area contributed by atoms with Gasteiger partial charge in [0.1, 0.15) is 7.11 Å². The van der Waals surface area contributed by atoms with E-state index < -0.39 is 0 Å². The van der Waals surface area contributed by atoms with E-state index in [1.165, 1.54) is 5.56 Å². The number of anilines is 1. The van der Waals surface area contributed by atoms with Crippen LogP contribution in [0.25, 0.3) is 0 Å². The first-order chi connectivity index (χ1) is 9.78. The first kappa shape index (κ1) is 12.6. The summed E-state index contributed by atoms with van der Waals surface area (Å²) in [6.07, 6.45) is 3.39. The summed E-state index contributed by atoms with van der Waals surface area (Å²) in [5, 5.41) is 4.13. The van der Waals surface area contributed by atoms with Crippen LogP contribution < -0.4 is 5.73 Å². The summed E-state index contributed by atoms with van der Waals surface area (Å²) >= 11 is 0. The van der Waals surface area contributed by atoms with E-state index in [1.807, 2.05) is 18.2 Å². The normalized spacial score (nSPS) is 19.6. The van der Waals surface area contributed by atoms with Gasteiger partial charge < -0.3 is 10.6 Å². The highest BCUT2D eigenvalue weighted by atomic mass is 16.6. The molecule has 0 amide bonds. The second-order valence-corrected chi connectivity index (χ2v) is 4.82. The van der Waals surface area contributed by atoms with Gasteiger partial charge in [0, 0.05) is 18.2 Å². The molecule has 5 nitrogen and oxygen atoms in total. The number of benzene rings is 1. The summed E-state index contributed by atoms with van der Waals surface area (Å²) < 4.78 is 0. The first-order valence-electron chi connectivity index (χ1n) is 6.54. The molecule has 102 valence electrons. The number of hydrogen-bond acceptors (Lipinski definition) is 5. The standard InChI is InChI=1S/C15H16N4O/c1-20-19-14-8-11(10-5-3-2-4-6-10)7-13-12(14)9-17-15(16)18-13/h2-6,9,11H,7-8H2,1H3,(H2,16,17,18)/b19-14+. The monoisotopic (exact) mass is 268 g/mol. The Bertz CT molecular complexity index is 640. The van der Waals surface area contributed by atoms with Crippen LogP contribution in [0, 0.1) is 0 Å². The van der Waals surface area contributed by atoms with E-state index in [4.69, 9.17) is 10.6 Å². The lowest BCUT2D eigenvalue weighted by atomic mass is 9.82. The van der Waals surface area contributed by atoms with Crippen LogP contribution in [0.2, 0.25) is 0 Å². The molecular formula is C15H16N4O. The van der Waals surface area contributed by atoms with Crippen molar-refractivity contribution in [2.45, 2.75) is 18.8 Å². The highest BCUT2D eigenvalue weighted by Gasteiger charge is 2.27. The van der Waals surface area contributed by atoms with Crippen molar-refractivity contribution in [1.29, 1.82) is 0 Å². The average Bonchev–Trinajstić information content (AvgIpc) is 2.48. The van der Waals surface area contributed by atoms with Crippen LogP contribution >= 0.6 is 0 Å². The number of nitrogens with two attached hydrogens (primary N) is 1. The van der Waals surface area contributed by atoms with Crippen LogP contribution in [-0.4, -0.2) is 22.8 Å². The molecule has 0 aliphatic heterocycles. The fourth-order valence-corrected chi connectivity index (χ4v) is 2.64. The predicted molar refractivity (Wildman–Crippen MR) is 77.5 cm³/mol. The van der Waals surface area contributed by atoms with Crippen molar-refractivity contribution >= 4 is 11.7 Å². The van der Waals surface area contributed by atoms with Gasteiger partial charge in [-0.05, 0) is 17.9 Å². The molecule has 1 atom stereocenters. The Morgan fingerprint density at radius 3 is 2.80 bits per heavy atom. The average molecular weight is 268 g/mol. The molecule has 0 spiro atoms. The third-order valence-corrected chi connectivity index (χ3v) is 3.55. The zero-order valence-electron chi connectivity index (χ0n) is 11.3. The van der Waals surface area contributed by atoms with E-state index in [0.717, 1.165) is 29.8 Å². The van der Waals surface area contributed by atoms with Gasteiger partial charge in [0.05, 0.1) is 11.4 Å². The van der Waals surface area contributed by atoms with Gasteiger partial charge in [-0.3, -0.25) is 0 Å². The first-order valence-corrected chi connectivity index (χ1v) is 6.54. The molecule has 2 N–H and O–H groups in total. The van der Waals surface area contributed by atoms with Crippen molar-refractivity contribution in [3.8, 4) is 0 Å². The second-order valence-electron chi connectivity index (χ2n) is 4.82. The number of fused-ring (bicyclic) bond motifs is 1. The molecule has 20 heavy (non-hydrogen) atoms. The Morgan fingerprint density at radius 2 is 2.05 bits per heavy atom. The van der Waals surface area contributed by atoms with Gasteiger partial charge >= 0.3 is 0 Å². The van der Waals surface area contributed by atoms with Crippen molar-refractivity contribution in [3.63, 3.8) is 0 Å². The zero-order chi connectivity index (χ0) is 13.9. The highest BCUT2D eigenvalue weighted by Crippen LogP contribution is 2.32. The van der Waals surface area contributed by atoms with Crippen molar-refractivity contribution in [3.05, 3.63) is 53.3 Å². The van der Waals surface area contributed by atoms with E-state index in [2.05, 4.69) is 27.3 Å². The van der Waals surface area contributed by atoms with E-state index >= 15 is 0 Å². The lowest BCUT2D eigenvalue weighted by Crippen LogP contribution is -2.22. The third-order valence-electron chi connectivity index (χ3n) is 3.55. The maximum Gasteiger partial charge on any atom is 0.220 e. The number of rotatable bonds is 2. The lowest BCUT2D eigenvalue weighted by molar-refractivity contribution is 0.212. The number of aromatic nitrogens is 2. The van der Waals surface area contributed by atoms with Gasteiger partial charge in [-0.25, -0.2) is 9.97 Å². The smallest absolute Gasteiger partial charge is 0.220 e. The summed E-state index contributed by atoms with van der Waals surface area (Å²) in [4.78, 5) is 13.4. The largest absolute Gasteiger partial charge is 0.399 e. The fraction of sp³-hybridized carbons (Fsp3) is 0.267. The molecular weight excluding hydrogens is 252 g/mol. The minimum absolute atomic E-state index is 0.300. The van der Waals surface area contributed by atoms with Gasteiger partial charge in [-0.1, -0.05) is 35.5 Å². The molecule has 1 aliphatic rings. The van der Waals surface area contributed by atoms with Crippen LogP contribution in [0.5, 0.6) is 0 Å². The molecule has 0 radical (unpaired) electrons. The predicted octanol–water partition coefficient (Wildman–Crippen LogP) is 2.14. The zero-order valence-corrected chi connectivity index (χ0v) is 11.3. The molecule has 1 aromatic carbocycles. The molecule has 1 unspecified atom stereocenters. The minimum atomic E-state index is 0.300. The van der Waals surface area contributed by atoms with E-state index in [1.54, 1.807) is 13.3 Å². The SMILES string of the molecule is CO/N=C1\CC(c2ccccc2)Cc2nc(N)ncc21. The summed E-state index contributed by atoms with van der Waals surface area (Å²) in [6, 6.07) is 10.4. The lowest BCUT2D eigenvalue weighted by Gasteiger charge is -2.24. The fourth-order valence-electron chi connectivity index (χ4n) is 2.64. The van der Waals surface area contributed by atoms with Gasteiger partial charge in [0.15, 0.2) is 0 Å². The van der Waals surface area contributed by atoms with Gasteiger partial charge in [-0.2, -0.15) is 0 Å². The number of hydrogen-bond donors (Lipinski definition) is 1. The Hall–Kier alpha value is -2.43. The van der Waals surface area contributed by atoms with Gasteiger partial charge in [0.25, 0.3) is 0 Å². The summed E-state index contributed by atoms with van der Waals surface area (Å²) in [5.41, 5.74) is 9.72. The van der Waals surface area contributed by atoms with Crippen molar-refractivity contribution < 1.29 is 4.84 Å². The second kappa shape index (κ2) is 5.28. The van der Waals surface area contributed by atoms with Crippen molar-refractivity contribution in [2.24, 2.45) is 5.16 Å². The molecule has 0 fully saturated rings. The van der Waals surface area contributed by atoms with Crippen LogP contribution in [0.15, 0.2) is 41.7 Å². The van der Waals surface area contributed by atoms with Gasteiger partial charge in [-0.15, -0.1) is 0 Å². The topological polar surface area (TPSA) is 73.4 Å². The highest BCUT2D eigenvalue weighted by molar-refractivity contribution is 6.02. The molecule has 3 rings (SSSR count). The van der Waals surface area contributed by atoms with Crippen molar-refractivity contribution in [1.82, 2.24) is 9.97 Å². The van der Waals surface area contributed by atoms with E-state index in [0.29, 0.717) is 11.9 Å². The van der Waals surface area contributed by atoms with Crippen molar-refractivity contribution in [2.75, 3.05) is 12.8 Å². The van der Waals surface area contributed by atoms with Gasteiger partial charge in [0.2, 0.25) is 5.95 Å². The minimum Gasteiger partial charge on any atom is -0.399 e. The van der Waals surface area contributed by atoms with Crippen LogP contribution in [-0.2, 0) is 11.3 Å². The molecule has 0 saturated heterocycles. The Balaban J connectivity index is 2.02. The summed E-state index contributed by atoms with van der Waals surface area (Å²) in [6.45, 7) is 0. The van der Waals surface area contributed by atoms with E-state index in [-0.39, 0.29) is 0 Å². The van der Waals surface area contributed by atoms with Crippen LogP contribution in [0.1, 0.15) is 29.2 Å². The van der Waals surface area contributed by atoms with Crippen LogP contribution in [0.3, 0.4) is 0 Å². The number of nitrogen functional groups attached to an aromatic ring is 1. The Morgan fingerprint density at radius 1 is 1.25 bits per heavy atom. The molecule has 2 aromatic rings. The molecule has 0 bridgehead atoms. The summed E-state index contributed by atoms with van der Waals surface area (Å²) in [7, 11) is 1.55. The molecule has 0 saturated carbocycles. The number of nitrogens with zero attached hydrogens (tertiary/aromatic N) is 3. The molecule has 1 aromatic heterocycles. The van der Waals surface area contributed by atoms with E-state index in [9.17, 15) is 0 Å². The summed E-state index contributed by atoms with van der Waals surface area (Å²) in [5.74, 6) is 0.640. The van der Waals surface area contributed by atoms with Crippen LogP contribution in [0.4, 0.5) is 5.95 Å². The number of oxime groups is 1. The Labute approximate surface area is 117 Å². The maximum absolute atomic E-state index is 5.69. The quantitative estimate of drug-likeness (QED) is 0.847. The molecule has 1 aliphatic carbocycles.